The molecule has 0 spiro atoms. The number of carbonyl (C=O) groups excluding carboxylic acids is 2. The maximum absolute atomic E-state index is 12.6. The van der Waals surface area contributed by atoms with E-state index in [0.717, 1.165) is 5.56 Å². The summed E-state index contributed by atoms with van der Waals surface area (Å²) in [6.45, 7) is 7.43. The lowest BCUT2D eigenvalue weighted by Gasteiger charge is -2.14. The Morgan fingerprint density at radius 3 is 2.29 bits per heavy atom. The number of likely N-dealkylation sites (N-methyl/N-ethyl adjacent to an activating group) is 1. The Labute approximate surface area is 165 Å². The highest BCUT2D eigenvalue weighted by atomic mass is 32.2. The van der Waals surface area contributed by atoms with E-state index in [1.807, 2.05) is 13.0 Å². The van der Waals surface area contributed by atoms with Gasteiger partial charge >= 0.3 is 0 Å². The Hall–Kier alpha value is -2.87. The van der Waals surface area contributed by atoms with Crippen molar-refractivity contribution in [2.45, 2.75) is 38.6 Å². The molecule has 3 N–H and O–H groups in total. The molecule has 2 amide bonds. The van der Waals surface area contributed by atoms with Gasteiger partial charge in [-0.3, -0.25) is 14.3 Å². The van der Waals surface area contributed by atoms with E-state index in [0.29, 0.717) is 23.4 Å². The quantitative estimate of drug-likeness (QED) is 0.660. The Bertz CT molecular complexity index is 969. The lowest BCUT2D eigenvalue weighted by molar-refractivity contribution is -0.122. The van der Waals surface area contributed by atoms with Crippen molar-refractivity contribution in [1.82, 2.24) is 10.6 Å². The van der Waals surface area contributed by atoms with E-state index < -0.39 is 22.0 Å². The van der Waals surface area contributed by atoms with E-state index in [9.17, 15) is 18.0 Å². The Balaban J connectivity index is 2.11. The van der Waals surface area contributed by atoms with Crippen LogP contribution in [-0.2, 0) is 14.8 Å². The van der Waals surface area contributed by atoms with E-state index in [4.69, 9.17) is 0 Å². The van der Waals surface area contributed by atoms with E-state index in [1.54, 1.807) is 32.9 Å². The molecule has 7 nitrogen and oxygen atoms in total. The molecule has 0 radical (unpaired) electrons. The molecule has 2 aromatic carbocycles. The first-order chi connectivity index (χ1) is 13.1. The number of aryl methyl sites for hydroxylation is 2. The molecule has 0 aromatic heterocycles. The molecule has 2 rings (SSSR count). The van der Waals surface area contributed by atoms with Crippen LogP contribution in [0, 0.1) is 13.8 Å². The number of hydrogen-bond donors (Lipinski definition) is 3. The number of sulfonamides is 1. The maximum Gasteiger partial charge on any atom is 0.262 e. The van der Waals surface area contributed by atoms with Gasteiger partial charge in [0, 0.05) is 17.8 Å². The van der Waals surface area contributed by atoms with Crippen molar-refractivity contribution in [3.8, 4) is 0 Å². The third kappa shape index (κ3) is 5.32. The van der Waals surface area contributed by atoms with Crippen LogP contribution >= 0.6 is 0 Å². The van der Waals surface area contributed by atoms with E-state index >= 15 is 0 Å². The topological polar surface area (TPSA) is 104 Å². The molecule has 0 aliphatic carbocycles. The Morgan fingerprint density at radius 2 is 1.68 bits per heavy atom. The van der Waals surface area contributed by atoms with Gasteiger partial charge in [-0.1, -0.05) is 12.1 Å². The Morgan fingerprint density at radius 1 is 1.04 bits per heavy atom. The molecule has 150 valence electrons. The summed E-state index contributed by atoms with van der Waals surface area (Å²) in [4.78, 5) is 24.2. The summed E-state index contributed by atoms with van der Waals surface area (Å²) in [6.07, 6.45) is 0. The van der Waals surface area contributed by atoms with Crippen molar-refractivity contribution in [3.63, 3.8) is 0 Å². The molecule has 0 fully saturated rings. The van der Waals surface area contributed by atoms with Crippen molar-refractivity contribution >= 4 is 27.5 Å². The zero-order valence-electron chi connectivity index (χ0n) is 16.4. The van der Waals surface area contributed by atoms with E-state index in [2.05, 4.69) is 15.4 Å². The standard InChI is InChI=1S/C20H25N3O4S/c1-5-21-19(24)15(4)22-20(25)16-8-10-17(11-9-16)23-28(26,27)18-12-13(2)6-7-14(18)3/h6-12,15,23H,5H2,1-4H3,(H,21,24)(H,22,25)/t15-/m1/s1. The zero-order valence-corrected chi connectivity index (χ0v) is 17.2. The van der Waals surface area contributed by atoms with Crippen molar-refractivity contribution in [3.05, 3.63) is 59.2 Å². The van der Waals surface area contributed by atoms with Gasteiger partial charge in [-0.05, 0) is 69.2 Å². The van der Waals surface area contributed by atoms with Gasteiger partial charge in [0.15, 0.2) is 0 Å². The molecule has 0 saturated carbocycles. The number of hydrogen-bond acceptors (Lipinski definition) is 4. The van der Waals surface area contributed by atoms with E-state index in [-0.39, 0.29) is 10.8 Å². The highest BCUT2D eigenvalue weighted by molar-refractivity contribution is 7.92. The lowest BCUT2D eigenvalue weighted by Crippen LogP contribution is -2.44. The minimum Gasteiger partial charge on any atom is -0.355 e. The molecular weight excluding hydrogens is 378 g/mol. The zero-order chi connectivity index (χ0) is 20.9. The van der Waals surface area contributed by atoms with Gasteiger partial charge in [0.1, 0.15) is 6.04 Å². The first kappa shape index (κ1) is 21.4. The van der Waals surface area contributed by atoms with Crippen LogP contribution in [0.4, 0.5) is 5.69 Å². The van der Waals surface area contributed by atoms with Crippen LogP contribution in [0.2, 0.25) is 0 Å². The summed E-state index contributed by atoms with van der Waals surface area (Å²) in [5.41, 5.74) is 2.16. The molecule has 28 heavy (non-hydrogen) atoms. The number of nitrogens with one attached hydrogen (secondary N) is 3. The van der Waals surface area contributed by atoms with Gasteiger partial charge in [0.2, 0.25) is 5.91 Å². The van der Waals surface area contributed by atoms with Crippen molar-refractivity contribution in [2.75, 3.05) is 11.3 Å². The number of carbonyl (C=O) groups is 2. The molecule has 0 saturated heterocycles. The minimum atomic E-state index is -3.74. The van der Waals surface area contributed by atoms with Gasteiger partial charge in [-0.15, -0.1) is 0 Å². The monoisotopic (exact) mass is 403 g/mol. The smallest absolute Gasteiger partial charge is 0.262 e. The van der Waals surface area contributed by atoms with Gasteiger partial charge in [0.05, 0.1) is 4.90 Å². The van der Waals surface area contributed by atoms with Gasteiger partial charge in [-0.25, -0.2) is 8.42 Å². The van der Waals surface area contributed by atoms with Crippen LogP contribution in [0.15, 0.2) is 47.4 Å². The number of amides is 2. The predicted octanol–water partition coefficient (Wildman–Crippen LogP) is 2.36. The number of anilines is 1. The van der Waals surface area contributed by atoms with Crippen LogP contribution in [0.3, 0.4) is 0 Å². The maximum atomic E-state index is 12.6. The first-order valence-corrected chi connectivity index (χ1v) is 10.4. The molecule has 0 unspecified atom stereocenters. The second-order valence-electron chi connectivity index (χ2n) is 6.54. The largest absolute Gasteiger partial charge is 0.355 e. The molecule has 0 aliphatic heterocycles. The fourth-order valence-electron chi connectivity index (χ4n) is 2.57. The van der Waals surface area contributed by atoms with Crippen LogP contribution in [0.25, 0.3) is 0 Å². The summed E-state index contributed by atoms with van der Waals surface area (Å²) in [5.74, 6) is -0.684. The third-order valence-corrected chi connectivity index (χ3v) is 5.65. The van der Waals surface area contributed by atoms with Crippen LogP contribution in [0.1, 0.15) is 35.3 Å². The van der Waals surface area contributed by atoms with Crippen LogP contribution in [-0.4, -0.2) is 32.8 Å². The summed E-state index contributed by atoms with van der Waals surface area (Å²) in [6, 6.07) is 10.6. The molecule has 0 heterocycles. The van der Waals surface area contributed by atoms with Gasteiger partial charge < -0.3 is 10.6 Å². The summed E-state index contributed by atoms with van der Waals surface area (Å²) in [5, 5.41) is 5.23. The highest BCUT2D eigenvalue weighted by Crippen LogP contribution is 2.21. The lowest BCUT2D eigenvalue weighted by atomic mass is 10.2. The number of benzene rings is 2. The minimum absolute atomic E-state index is 0.213. The van der Waals surface area contributed by atoms with Crippen molar-refractivity contribution in [1.29, 1.82) is 0 Å². The van der Waals surface area contributed by atoms with Crippen molar-refractivity contribution in [2.24, 2.45) is 0 Å². The molecular formula is C20H25N3O4S. The third-order valence-electron chi connectivity index (χ3n) is 4.12. The average molecular weight is 404 g/mol. The van der Waals surface area contributed by atoms with Crippen LogP contribution in [0.5, 0.6) is 0 Å². The SMILES string of the molecule is CCNC(=O)[C@@H](C)NC(=O)c1ccc(NS(=O)(=O)c2cc(C)ccc2C)cc1. The molecule has 2 aromatic rings. The molecule has 0 bridgehead atoms. The second-order valence-corrected chi connectivity index (χ2v) is 8.19. The summed E-state index contributed by atoms with van der Waals surface area (Å²) < 4.78 is 27.8. The molecule has 1 atom stereocenters. The van der Waals surface area contributed by atoms with E-state index in [1.165, 1.54) is 24.3 Å². The van der Waals surface area contributed by atoms with Crippen LogP contribution < -0.4 is 15.4 Å². The normalized spacial score (nSPS) is 12.1. The summed E-state index contributed by atoms with van der Waals surface area (Å²) in [7, 11) is -3.74. The second kappa shape index (κ2) is 8.88. The first-order valence-electron chi connectivity index (χ1n) is 8.92. The summed E-state index contributed by atoms with van der Waals surface area (Å²) >= 11 is 0. The highest BCUT2D eigenvalue weighted by Gasteiger charge is 2.18. The Kier molecular flexibility index (Phi) is 6.80. The average Bonchev–Trinajstić information content (AvgIpc) is 2.64. The predicted molar refractivity (Wildman–Crippen MR) is 109 cm³/mol. The van der Waals surface area contributed by atoms with Gasteiger partial charge in [0.25, 0.3) is 15.9 Å². The number of rotatable bonds is 7. The molecule has 8 heteroatoms. The fourth-order valence-corrected chi connectivity index (χ4v) is 3.96. The molecule has 0 aliphatic rings. The fraction of sp³-hybridized carbons (Fsp3) is 0.300. The van der Waals surface area contributed by atoms with Crippen molar-refractivity contribution < 1.29 is 18.0 Å². The van der Waals surface area contributed by atoms with Gasteiger partial charge in [-0.2, -0.15) is 0 Å².